The molecule has 0 atom stereocenters. The van der Waals surface area contributed by atoms with Crippen molar-refractivity contribution in [2.45, 2.75) is 5.16 Å². The van der Waals surface area contributed by atoms with E-state index in [9.17, 15) is 14.4 Å². The summed E-state index contributed by atoms with van der Waals surface area (Å²) < 4.78 is 6.54. The predicted molar refractivity (Wildman–Crippen MR) is 101 cm³/mol. The predicted octanol–water partition coefficient (Wildman–Crippen LogP) is 1.83. The normalized spacial score (nSPS) is 10.7. The maximum atomic E-state index is 12.9. The molecule has 0 saturated heterocycles. The van der Waals surface area contributed by atoms with Crippen LogP contribution in [0.5, 0.6) is 0 Å². The molecule has 0 radical (unpaired) electrons. The first-order chi connectivity index (χ1) is 12.6. The van der Waals surface area contributed by atoms with Gasteiger partial charge in [0.15, 0.2) is 5.16 Å². The van der Waals surface area contributed by atoms with E-state index in [1.807, 2.05) is 35.7 Å². The third kappa shape index (κ3) is 3.94. The summed E-state index contributed by atoms with van der Waals surface area (Å²) in [5.41, 5.74) is 1.11. The van der Waals surface area contributed by atoms with Gasteiger partial charge in [0, 0.05) is 0 Å². The quantitative estimate of drug-likeness (QED) is 0.393. The molecule has 0 aliphatic carbocycles. The average Bonchev–Trinajstić information content (AvgIpc) is 3.14. The molecule has 1 N–H and O–H groups in total. The highest BCUT2D eigenvalue weighted by Crippen LogP contribution is 2.23. The first-order valence-electron chi connectivity index (χ1n) is 7.62. The number of hydrogen-bond donors (Lipinski definition) is 1. The number of methoxy groups -OCH3 is 1. The molecule has 0 saturated carbocycles. The van der Waals surface area contributed by atoms with Crippen LogP contribution in [-0.4, -0.2) is 40.8 Å². The lowest BCUT2D eigenvalue weighted by atomic mass is 10.3. The minimum Gasteiger partial charge on any atom is -0.468 e. The molecule has 3 rings (SSSR count). The second kappa shape index (κ2) is 8.15. The van der Waals surface area contributed by atoms with Crippen LogP contribution in [-0.2, 0) is 14.3 Å². The second-order valence-electron chi connectivity index (χ2n) is 5.15. The van der Waals surface area contributed by atoms with Gasteiger partial charge in [0.05, 0.1) is 24.1 Å². The Kier molecular flexibility index (Phi) is 5.69. The molecule has 1 amide bonds. The number of para-hydroxylation sites is 1. The Balaban J connectivity index is 1.88. The number of benzene rings is 1. The van der Waals surface area contributed by atoms with Gasteiger partial charge in [-0.1, -0.05) is 30.0 Å². The van der Waals surface area contributed by atoms with Crippen LogP contribution < -0.4 is 10.9 Å². The standard InChI is InChI=1S/C17H15N3O4S2/c1-24-14(22)9-18-13(21)10-26-17-19-12-7-8-25-15(12)16(23)20(17)11-5-3-2-4-6-11/h2-8H,9-10H2,1H3,(H,18,21). The molecule has 1 aromatic carbocycles. The van der Waals surface area contributed by atoms with Crippen molar-refractivity contribution in [2.75, 3.05) is 19.4 Å². The summed E-state index contributed by atoms with van der Waals surface area (Å²) in [6, 6.07) is 10.9. The molecule has 26 heavy (non-hydrogen) atoms. The Bertz CT molecular complexity index is 998. The molecule has 0 aliphatic rings. The smallest absolute Gasteiger partial charge is 0.325 e. The Morgan fingerprint density at radius 3 is 2.77 bits per heavy atom. The zero-order chi connectivity index (χ0) is 18.5. The molecular formula is C17H15N3O4S2. The molecule has 0 fully saturated rings. The van der Waals surface area contributed by atoms with Gasteiger partial charge in [0.2, 0.25) is 5.91 Å². The molecule has 3 aromatic rings. The van der Waals surface area contributed by atoms with Crippen molar-refractivity contribution >= 4 is 45.2 Å². The number of ether oxygens (including phenoxy) is 1. The van der Waals surface area contributed by atoms with Crippen molar-refractivity contribution in [3.05, 3.63) is 52.1 Å². The topological polar surface area (TPSA) is 90.3 Å². The molecule has 0 spiro atoms. The first-order valence-corrected chi connectivity index (χ1v) is 9.48. The highest BCUT2D eigenvalue weighted by Gasteiger charge is 2.15. The fraction of sp³-hybridized carbons (Fsp3) is 0.176. The number of thiophene rings is 1. The summed E-state index contributed by atoms with van der Waals surface area (Å²) in [4.78, 5) is 40.4. The third-order valence-electron chi connectivity index (χ3n) is 3.45. The summed E-state index contributed by atoms with van der Waals surface area (Å²) in [5, 5.41) is 4.69. The van der Waals surface area contributed by atoms with Gasteiger partial charge in [-0.25, -0.2) is 4.98 Å². The number of carbonyl (C=O) groups excluding carboxylic acids is 2. The van der Waals surface area contributed by atoms with Crippen LogP contribution in [0.4, 0.5) is 0 Å². The summed E-state index contributed by atoms with van der Waals surface area (Å²) in [5.74, 6) is -0.853. The number of fused-ring (bicyclic) bond motifs is 1. The molecule has 0 aliphatic heterocycles. The minimum absolute atomic E-state index is 0.0198. The number of amides is 1. The number of thioether (sulfide) groups is 1. The number of nitrogens with one attached hydrogen (secondary N) is 1. The lowest BCUT2D eigenvalue weighted by molar-refractivity contribution is -0.140. The van der Waals surface area contributed by atoms with E-state index < -0.39 is 5.97 Å². The molecular weight excluding hydrogens is 374 g/mol. The summed E-state index contributed by atoms with van der Waals surface area (Å²) in [6.07, 6.45) is 0. The Hall–Kier alpha value is -2.65. The van der Waals surface area contributed by atoms with Crippen molar-refractivity contribution < 1.29 is 14.3 Å². The van der Waals surface area contributed by atoms with Crippen molar-refractivity contribution in [2.24, 2.45) is 0 Å². The van der Waals surface area contributed by atoms with Crippen LogP contribution in [0.25, 0.3) is 15.9 Å². The van der Waals surface area contributed by atoms with Gasteiger partial charge in [-0.15, -0.1) is 11.3 Å². The maximum Gasteiger partial charge on any atom is 0.325 e. The Morgan fingerprint density at radius 2 is 2.04 bits per heavy atom. The number of rotatable bonds is 6. The molecule has 0 bridgehead atoms. The number of carbonyl (C=O) groups is 2. The minimum atomic E-state index is -0.526. The Morgan fingerprint density at radius 1 is 1.27 bits per heavy atom. The summed E-state index contributed by atoms with van der Waals surface area (Å²) >= 11 is 2.47. The average molecular weight is 389 g/mol. The van der Waals surface area contributed by atoms with Crippen LogP contribution in [0.15, 0.2) is 51.7 Å². The van der Waals surface area contributed by atoms with Gasteiger partial charge in [-0.2, -0.15) is 0 Å². The fourth-order valence-corrected chi connectivity index (χ4v) is 3.82. The SMILES string of the molecule is COC(=O)CNC(=O)CSc1nc2ccsc2c(=O)n1-c1ccccc1. The van der Waals surface area contributed by atoms with Crippen LogP contribution in [0, 0.1) is 0 Å². The van der Waals surface area contributed by atoms with E-state index in [1.54, 1.807) is 6.07 Å². The van der Waals surface area contributed by atoms with Gasteiger partial charge in [-0.3, -0.25) is 19.0 Å². The van der Waals surface area contributed by atoms with Gasteiger partial charge < -0.3 is 10.1 Å². The van der Waals surface area contributed by atoms with E-state index in [2.05, 4.69) is 15.0 Å². The largest absolute Gasteiger partial charge is 0.468 e. The second-order valence-corrected chi connectivity index (χ2v) is 7.01. The van der Waals surface area contributed by atoms with E-state index in [1.165, 1.54) is 23.0 Å². The molecule has 2 heterocycles. The molecule has 134 valence electrons. The van der Waals surface area contributed by atoms with Crippen molar-refractivity contribution in [3.8, 4) is 5.69 Å². The van der Waals surface area contributed by atoms with Crippen LogP contribution in [0.2, 0.25) is 0 Å². The van der Waals surface area contributed by atoms with Crippen molar-refractivity contribution in [1.82, 2.24) is 14.9 Å². The van der Waals surface area contributed by atoms with E-state index in [0.717, 1.165) is 11.8 Å². The zero-order valence-electron chi connectivity index (χ0n) is 13.8. The monoisotopic (exact) mass is 389 g/mol. The van der Waals surface area contributed by atoms with Crippen LogP contribution in [0.1, 0.15) is 0 Å². The number of esters is 1. The maximum absolute atomic E-state index is 12.9. The highest BCUT2D eigenvalue weighted by atomic mass is 32.2. The van der Waals surface area contributed by atoms with Gasteiger partial charge in [0.1, 0.15) is 11.2 Å². The van der Waals surface area contributed by atoms with Crippen LogP contribution in [0.3, 0.4) is 0 Å². The highest BCUT2D eigenvalue weighted by molar-refractivity contribution is 7.99. The lowest BCUT2D eigenvalue weighted by Gasteiger charge is -2.11. The fourth-order valence-electron chi connectivity index (χ4n) is 2.22. The van der Waals surface area contributed by atoms with Crippen molar-refractivity contribution in [1.29, 1.82) is 0 Å². The summed E-state index contributed by atoms with van der Waals surface area (Å²) in [7, 11) is 1.25. The number of hydrogen-bond acceptors (Lipinski definition) is 7. The third-order valence-corrected chi connectivity index (χ3v) is 5.28. The molecule has 0 unspecified atom stereocenters. The van der Waals surface area contributed by atoms with Gasteiger partial charge >= 0.3 is 5.97 Å². The van der Waals surface area contributed by atoms with Crippen molar-refractivity contribution in [3.63, 3.8) is 0 Å². The number of nitrogens with zero attached hydrogens (tertiary/aromatic N) is 2. The zero-order valence-corrected chi connectivity index (χ0v) is 15.4. The number of aromatic nitrogens is 2. The van der Waals surface area contributed by atoms with E-state index in [-0.39, 0.29) is 23.8 Å². The van der Waals surface area contributed by atoms with E-state index in [4.69, 9.17) is 0 Å². The lowest BCUT2D eigenvalue weighted by Crippen LogP contribution is -2.31. The first kappa shape index (κ1) is 18.2. The van der Waals surface area contributed by atoms with E-state index in [0.29, 0.717) is 21.1 Å². The Labute approximate surface area is 157 Å². The molecule has 2 aromatic heterocycles. The van der Waals surface area contributed by atoms with Gasteiger partial charge in [-0.05, 0) is 23.6 Å². The van der Waals surface area contributed by atoms with E-state index >= 15 is 0 Å². The molecule has 9 heteroatoms. The van der Waals surface area contributed by atoms with Gasteiger partial charge in [0.25, 0.3) is 5.56 Å². The molecule has 7 nitrogen and oxygen atoms in total. The summed E-state index contributed by atoms with van der Waals surface area (Å²) in [6.45, 7) is -0.196. The van der Waals surface area contributed by atoms with Crippen LogP contribution >= 0.6 is 23.1 Å².